The van der Waals surface area contributed by atoms with Crippen molar-refractivity contribution in [1.82, 2.24) is 15.3 Å². The highest BCUT2D eigenvalue weighted by Crippen LogP contribution is 2.14. The van der Waals surface area contributed by atoms with Crippen molar-refractivity contribution in [3.8, 4) is 5.75 Å². The number of urea groups is 1. The third-order valence-corrected chi connectivity index (χ3v) is 3.10. The molecule has 7 nitrogen and oxygen atoms in total. The number of hydrogen-bond donors (Lipinski definition) is 2. The summed E-state index contributed by atoms with van der Waals surface area (Å²) in [5.41, 5.74) is 1.54. The largest absolute Gasteiger partial charge is 0.497 e. The van der Waals surface area contributed by atoms with Gasteiger partial charge in [0.25, 0.3) is 0 Å². The molecule has 1 aromatic heterocycles. The number of aromatic nitrogens is 2. The van der Waals surface area contributed by atoms with Crippen molar-refractivity contribution >= 4 is 17.5 Å². The average molecular weight is 315 g/mol. The number of amides is 2. The first-order valence-electron chi connectivity index (χ1n) is 7.18. The molecule has 0 aliphatic carbocycles. The van der Waals surface area contributed by atoms with E-state index in [1.807, 2.05) is 32.0 Å². The van der Waals surface area contributed by atoms with Crippen LogP contribution in [0.4, 0.5) is 16.3 Å². The SMILES string of the molecule is COc1ccc(NC(=O)NCc2nc(C)cc(N(C)C)n2)cc1. The molecule has 0 aliphatic rings. The summed E-state index contributed by atoms with van der Waals surface area (Å²) in [6.07, 6.45) is 0. The van der Waals surface area contributed by atoms with E-state index in [2.05, 4.69) is 20.6 Å². The Morgan fingerprint density at radius 1 is 1.22 bits per heavy atom. The van der Waals surface area contributed by atoms with Crippen molar-refractivity contribution in [2.45, 2.75) is 13.5 Å². The second-order valence-electron chi connectivity index (χ2n) is 5.21. The van der Waals surface area contributed by atoms with E-state index in [9.17, 15) is 4.79 Å². The van der Waals surface area contributed by atoms with E-state index in [1.54, 1.807) is 31.4 Å². The highest BCUT2D eigenvalue weighted by atomic mass is 16.5. The lowest BCUT2D eigenvalue weighted by atomic mass is 10.3. The van der Waals surface area contributed by atoms with Gasteiger partial charge in [0.15, 0.2) is 0 Å². The summed E-state index contributed by atoms with van der Waals surface area (Å²) >= 11 is 0. The van der Waals surface area contributed by atoms with E-state index >= 15 is 0 Å². The third kappa shape index (κ3) is 4.84. The van der Waals surface area contributed by atoms with Crippen molar-refractivity contribution in [2.75, 3.05) is 31.4 Å². The van der Waals surface area contributed by atoms with Gasteiger partial charge in [-0.3, -0.25) is 0 Å². The molecule has 2 aromatic rings. The molecule has 122 valence electrons. The third-order valence-electron chi connectivity index (χ3n) is 3.10. The van der Waals surface area contributed by atoms with Crippen LogP contribution in [0, 0.1) is 6.92 Å². The minimum atomic E-state index is -0.313. The molecule has 0 spiro atoms. The Hall–Kier alpha value is -2.83. The summed E-state index contributed by atoms with van der Waals surface area (Å²) < 4.78 is 5.07. The first-order chi connectivity index (χ1) is 11.0. The van der Waals surface area contributed by atoms with E-state index in [-0.39, 0.29) is 12.6 Å². The maximum atomic E-state index is 11.9. The van der Waals surface area contributed by atoms with Crippen molar-refractivity contribution in [1.29, 1.82) is 0 Å². The molecule has 2 amide bonds. The highest BCUT2D eigenvalue weighted by Gasteiger charge is 2.06. The standard InChI is InChI=1S/C16H21N5O2/c1-11-9-15(21(2)3)20-14(18-11)10-17-16(22)19-12-5-7-13(23-4)8-6-12/h5-9H,10H2,1-4H3,(H2,17,19,22). The van der Waals surface area contributed by atoms with Crippen molar-refractivity contribution in [3.63, 3.8) is 0 Å². The molecule has 0 unspecified atom stereocenters. The molecule has 0 aliphatic heterocycles. The number of aryl methyl sites for hydroxylation is 1. The number of rotatable bonds is 5. The average Bonchev–Trinajstić information content (AvgIpc) is 2.53. The molecule has 7 heteroatoms. The first kappa shape index (κ1) is 16.5. The number of anilines is 2. The van der Waals surface area contributed by atoms with Gasteiger partial charge in [0, 0.05) is 31.5 Å². The lowest BCUT2D eigenvalue weighted by Gasteiger charge is -2.13. The van der Waals surface area contributed by atoms with Crippen molar-refractivity contribution in [3.05, 3.63) is 41.9 Å². The summed E-state index contributed by atoms with van der Waals surface area (Å²) in [5.74, 6) is 2.11. The Bertz CT molecular complexity index is 671. The fourth-order valence-electron chi connectivity index (χ4n) is 1.93. The lowest BCUT2D eigenvalue weighted by Crippen LogP contribution is -2.29. The van der Waals surface area contributed by atoms with Gasteiger partial charge >= 0.3 is 6.03 Å². The lowest BCUT2D eigenvalue weighted by molar-refractivity contribution is 0.251. The van der Waals surface area contributed by atoms with Crippen LogP contribution in [0.3, 0.4) is 0 Å². The number of benzene rings is 1. The molecule has 2 rings (SSSR count). The molecule has 23 heavy (non-hydrogen) atoms. The molecule has 0 bridgehead atoms. The first-order valence-corrected chi connectivity index (χ1v) is 7.18. The predicted octanol–water partition coefficient (Wildman–Crippen LogP) is 2.18. The fraction of sp³-hybridized carbons (Fsp3) is 0.312. The zero-order valence-electron chi connectivity index (χ0n) is 13.8. The highest BCUT2D eigenvalue weighted by molar-refractivity contribution is 5.89. The minimum absolute atomic E-state index is 0.254. The summed E-state index contributed by atoms with van der Waals surface area (Å²) in [4.78, 5) is 22.5. The molecule has 0 atom stereocenters. The van der Waals surface area contributed by atoms with Crippen LogP contribution < -0.4 is 20.3 Å². The van der Waals surface area contributed by atoms with Gasteiger partial charge in [0.1, 0.15) is 17.4 Å². The smallest absolute Gasteiger partial charge is 0.319 e. The van der Waals surface area contributed by atoms with Gasteiger partial charge in [-0.15, -0.1) is 0 Å². The quantitative estimate of drug-likeness (QED) is 0.884. The maximum Gasteiger partial charge on any atom is 0.319 e. The Balaban J connectivity index is 1.93. The van der Waals surface area contributed by atoms with Crippen LogP contribution in [-0.4, -0.2) is 37.2 Å². The Morgan fingerprint density at radius 2 is 1.91 bits per heavy atom. The number of hydrogen-bond acceptors (Lipinski definition) is 5. The van der Waals surface area contributed by atoms with Gasteiger partial charge in [-0.25, -0.2) is 14.8 Å². The normalized spacial score (nSPS) is 10.1. The van der Waals surface area contributed by atoms with Gasteiger partial charge in [-0.05, 0) is 31.2 Å². The number of carbonyl (C=O) groups excluding carboxylic acids is 1. The van der Waals surface area contributed by atoms with Crippen LogP contribution in [0.5, 0.6) is 5.75 Å². The van der Waals surface area contributed by atoms with E-state index in [4.69, 9.17) is 4.74 Å². The monoisotopic (exact) mass is 315 g/mol. The second kappa shape index (κ2) is 7.44. The number of methoxy groups -OCH3 is 1. The van der Waals surface area contributed by atoms with Gasteiger partial charge in [-0.2, -0.15) is 0 Å². The second-order valence-corrected chi connectivity index (χ2v) is 5.21. The number of ether oxygens (including phenoxy) is 1. The van der Waals surface area contributed by atoms with Crippen LogP contribution in [0.2, 0.25) is 0 Å². The van der Waals surface area contributed by atoms with Crippen molar-refractivity contribution in [2.24, 2.45) is 0 Å². The maximum absolute atomic E-state index is 11.9. The Morgan fingerprint density at radius 3 is 2.52 bits per heavy atom. The van der Waals surface area contributed by atoms with E-state index in [0.29, 0.717) is 11.5 Å². The fourth-order valence-corrected chi connectivity index (χ4v) is 1.93. The summed E-state index contributed by atoms with van der Waals surface area (Å²) in [6.45, 7) is 2.15. The molecule has 0 saturated heterocycles. The Kier molecular flexibility index (Phi) is 5.35. The zero-order chi connectivity index (χ0) is 16.8. The van der Waals surface area contributed by atoms with Crippen LogP contribution >= 0.6 is 0 Å². The number of nitrogens with zero attached hydrogens (tertiary/aromatic N) is 3. The van der Waals surface area contributed by atoms with Crippen molar-refractivity contribution < 1.29 is 9.53 Å². The van der Waals surface area contributed by atoms with E-state index < -0.39 is 0 Å². The van der Waals surface area contributed by atoms with Crippen LogP contribution in [0.1, 0.15) is 11.5 Å². The minimum Gasteiger partial charge on any atom is -0.497 e. The van der Waals surface area contributed by atoms with E-state index in [1.165, 1.54) is 0 Å². The molecule has 1 heterocycles. The topological polar surface area (TPSA) is 79.4 Å². The number of carbonyl (C=O) groups is 1. The van der Waals surface area contributed by atoms with Gasteiger partial charge < -0.3 is 20.3 Å². The van der Waals surface area contributed by atoms with Gasteiger partial charge in [0.2, 0.25) is 0 Å². The molecule has 2 N–H and O–H groups in total. The molecule has 0 fully saturated rings. The number of nitrogens with one attached hydrogen (secondary N) is 2. The Labute approximate surface area is 135 Å². The molecule has 1 aromatic carbocycles. The van der Waals surface area contributed by atoms with Gasteiger partial charge in [0.05, 0.1) is 13.7 Å². The molecular weight excluding hydrogens is 294 g/mol. The van der Waals surface area contributed by atoms with Gasteiger partial charge in [-0.1, -0.05) is 0 Å². The summed E-state index contributed by atoms with van der Waals surface area (Å²) in [5, 5.41) is 5.49. The van der Waals surface area contributed by atoms with Crippen LogP contribution in [-0.2, 0) is 6.54 Å². The van der Waals surface area contributed by atoms with Crippen LogP contribution in [0.25, 0.3) is 0 Å². The summed E-state index contributed by atoms with van der Waals surface area (Å²) in [6, 6.07) is 8.68. The molecule has 0 radical (unpaired) electrons. The molecule has 0 saturated carbocycles. The van der Waals surface area contributed by atoms with Crippen LogP contribution in [0.15, 0.2) is 30.3 Å². The molecular formula is C16H21N5O2. The van der Waals surface area contributed by atoms with E-state index in [0.717, 1.165) is 17.3 Å². The predicted molar refractivity (Wildman–Crippen MR) is 89.9 cm³/mol. The zero-order valence-corrected chi connectivity index (χ0v) is 13.8. The summed E-state index contributed by atoms with van der Waals surface area (Å²) in [7, 11) is 5.42.